The Morgan fingerprint density at radius 1 is 1.17 bits per heavy atom. The van der Waals surface area contributed by atoms with Gasteiger partial charge in [0.05, 0.1) is 37.4 Å². The standard InChI is InChI=1S/C22H27N3O4S/c1-15-9-16(2)22(17(3)10-15)25(30(4,28)29)14-19(26)13-24-12-18(11-23-27)20-7-5-6-8-21(20)24/h5-12,19,26-27H,13-14H2,1-4H3. The van der Waals surface area contributed by atoms with Crippen molar-refractivity contribution in [2.24, 2.45) is 5.16 Å². The number of aliphatic hydroxyl groups is 1. The molecule has 0 radical (unpaired) electrons. The normalized spacial score (nSPS) is 13.2. The summed E-state index contributed by atoms with van der Waals surface area (Å²) < 4.78 is 28.3. The molecule has 1 aromatic heterocycles. The third-order valence-corrected chi connectivity index (χ3v) is 6.22. The average Bonchev–Trinajstić information content (AvgIpc) is 2.97. The summed E-state index contributed by atoms with van der Waals surface area (Å²) in [6.07, 6.45) is 3.32. The van der Waals surface area contributed by atoms with Crippen LogP contribution in [0.5, 0.6) is 0 Å². The summed E-state index contributed by atoms with van der Waals surface area (Å²) >= 11 is 0. The van der Waals surface area contributed by atoms with Crippen molar-refractivity contribution in [3.8, 4) is 0 Å². The molecule has 0 saturated heterocycles. The van der Waals surface area contributed by atoms with Gasteiger partial charge in [-0.25, -0.2) is 8.42 Å². The summed E-state index contributed by atoms with van der Waals surface area (Å²) in [7, 11) is -3.60. The Balaban J connectivity index is 1.94. The number of hydrogen-bond donors (Lipinski definition) is 2. The number of para-hydroxylation sites is 1. The first-order valence-corrected chi connectivity index (χ1v) is 11.5. The Morgan fingerprint density at radius 2 is 1.80 bits per heavy atom. The van der Waals surface area contributed by atoms with Crippen LogP contribution in [0.4, 0.5) is 5.69 Å². The third-order valence-electron chi connectivity index (χ3n) is 5.09. The topological polar surface area (TPSA) is 95.1 Å². The Labute approximate surface area is 176 Å². The first kappa shape index (κ1) is 21.9. The van der Waals surface area contributed by atoms with Gasteiger partial charge in [0.15, 0.2) is 0 Å². The van der Waals surface area contributed by atoms with E-state index in [9.17, 15) is 13.5 Å². The van der Waals surface area contributed by atoms with Crippen LogP contribution in [-0.2, 0) is 16.6 Å². The van der Waals surface area contributed by atoms with Gasteiger partial charge < -0.3 is 14.9 Å². The molecule has 160 valence electrons. The fourth-order valence-electron chi connectivity index (χ4n) is 4.03. The SMILES string of the molecule is Cc1cc(C)c(N(CC(O)Cn2cc(C=NO)c3ccccc32)S(C)(=O)=O)c(C)c1. The molecule has 0 saturated carbocycles. The molecule has 2 N–H and O–H groups in total. The van der Waals surface area contributed by atoms with Crippen molar-refractivity contribution in [3.63, 3.8) is 0 Å². The van der Waals surface area contributed by atoms with Gasteiger partial charge in [0.2, 0.25) is 10.0 Å². The molecule has 0 fully saturated rings. The van der Waals surface area contributed by atoms with E-state index < -0.39 is 16.1 Å². The van der Waals surface area contributed by atoms with E-state index in [0.717, 1.165) is 33.8 Å². The summed E-state index contributed by atoms with van der Waals surface area (Å²) in [4.78, 5) is 0. The van der Waals surface area contributed by atoms with E-state index in [0.29, 0.717) is 11.3 Å². The van der Waals surface area contributed by atoms with Gasteiger partial charge in [-0.05, 0) is 38.0 Å². The number of rotatable bonds is 7. The van der Waals surface area contributed by atoms with Crippen molar-refractivity contribution in [2.75, 3.05) is 17.1 Å². The fraction of sp³-hybridized carbons (Fsp3) is 0.318. The zero-order valence-electron chi connectivity index (χ0n) is 17.6. The Morgan fingerprint density at radius 3 is 2.40 bits per heavy atom. The number of fused-ring (bicyclic) bond motifs is 1. The Hall–Kier alpha value is -2.84. The zero-order chi connectivity index (χ0) is 22.1. The number of anilines is 1. The highest BCUT2D eigenvalue weighted by Crippen LogP contribution is 2.29. The molecule has 0 amide bonds. The summed E-state index contributed by atoms with van der Waals surface area (Å²) in [5.74, 6) is 0. The Kier molecular flexibility index (Phi) is 6.19. The molecule has 8 heteroatoms. The van der Waals surface area contributed by atoms with Crippen LogP contribution in [0.3, 0.4) is 0 Å². The minimum absolute atomic E-state index is 0.0699. The van der Waals surface area contributed by atoms with Gasteiger partial charge in [-0.15, -0.1) is 0 Å². The highest BCUT2D eigenvalue weighted by atomic mass is 32.2. The maximum atomic E-state index is 12.6. The minimum atomic E-state index is -3.60. The smallest absolute Gasteiger partial charge is 0.232 e. The predicted octanol–water partition coefficient (Wildman–Crippen LogP) is 3.20. The van der Waals surface area contributed by atoms with E-state index >= 15 is 0 Å². The van der Waals surface area contributed by atoms with Gasteiger partial charge in [0.1, 0.15) is 0 Å². The van der Waals surface area contributed by atoms with Gasteiger partial charge in [0, 0.05) is 22.7 Å². The zero-order valence-corrected chi connectivity index (χ0v) is 18.4. The van der Waals surface area contributed by atoms with Crippen LogP contribution in [0.25, 0.3) is 10.9 Å². The summed E-state index contributed by atoms with van der Waals surface area (Å²) in [6.45, 7) is 5.84. The highest BCUT2D eigenvalue weighted by molar-refractivity contribution is 7.92. The number of aryl methyl sites for hydroxylation is 3. The molecule has 3 aromatic rings. The molecule has 0 bridgehead atoms. The lowest BCUT2D eigenvalue weighted by atomic mass is 10.0. The molecule has 1 atom stereocenters. The van der Waals surface area contributed by atoms with Crippen molar-refractivity contribution < 1.29 is 18.7 Å². The first-order valence-electron chi connectivity index (χ1n) is 9.60. The quantitative estimate of drug-likeness (QED) is 0.343. The van der Waals surface area contributed by atoms with E-state index in [1.807, 2.05) is 61.7 Å². The molecule has 0 aliphatic rings. The molecular formula is C22H27N3O4S. The maximum absolute atomic E-state index is 12.6. The van der Waals surface area contributed by atoms with E-state index in [1.54, 1.807) is 6.20 Å². The summed E-state index contributed by atoms with van der Waals surface area (Å²) in [6, 6.07) is 11.4. The molecule has 7 nitrogen and oxygen atoms in total. The second-order valence-corrected chi connectivity index (χ2v) is 9.60. The monoisotopic (exact) mass is 429 g/mol. The van der Waals surface area contributed by atoms with E-state index in [4.69, 9.17) is 5.21 Å². The molecule has 0 aliphatic heterocycles. The number of aromatic nitrogens is 1. The van der Waals surface area contributed by atoms with Crippen molar-refractivity contribution in [2.45, 2.75) is 33.4 Å². The second-order valence-electron chi connectivity index (χ2n) is 7.69. The lowest BCUT2D eigenvalue weighted by molar-refractivity contribution is 0.164. The summed E-state index contributed by atoms with van der Waals surface area (Å²) in [5, 5.41) is 23.7. The Bertz CT molecular complexity index is 1180. The van der Waals surface area contributed by atoms with Gasteiger partial charge in [0.25, 0.3) is 0 Å². The van der Waals surface area contributed by atoms with E-state index in [1.165, 1.54) is 10.5 Å². The number of benzene rings is 2. The molecule has 0 spiro atoms. The molecule has 30 heavy (non-hydrogen) atoms. The van der Waals surface area contributed by atoms with Gasteiger partial charge in [-0.1, -0.05) is 41.1 Å². The number of hydrogen-bond acceptors (Lipinski definition) is 5. The predicted molar refractivity (Wildman–Crippen MR) is 120 cm³/mol. The largest absolute Gasteiger partial charge is 0.411 e. The van der Waals surface area contributed by atoms with Crippen LogP contribution in [0.2, 0.25) is 0 Å². The molecule has 3 rings (SSSR count). The van der Waals surface area contributed by atoms with Gasteiger partial charge in [-0.3, -0.25) is 4.31 Å². The summed E-state index contributed by atoms with van der Waals surface area (Å²) in [5.41, 5.74) is 4.92. The van der Waals surface area contributed by atoms with Crippen molar-refractivity contribution in [1.29, 1.82) is 0 Å². The first-order chi connectivity index (χ1) is 14.1. The van der Waals surface area contributed by atoms with Crippen LogP contribution in [0, 0.1) is 20.8 Å². The lowest BCUT2D eigenvalue weighted by Crippen LogP contribution is -2.39. The number of nitrogens with zero attached hydrogens (tertiary/aromatic N) is 3. The highest BCUT2D eigenvalue weighted by Gasteiger charge is 2.25. The van der Waals surface area contributed by atoms with Crippen LogP contribution in [-0.4, -0.2) is 48.4 Å². The minimum Gasteiger partial charge on any atom is -0.411 e. The van der Waals surface area contributed by atoms with E-state index in [-0.39, 0.29) is 13.1 Å². The number of aliphatic hydroxyl groups excluding tert-OH is 1. The van der Waals surface area contributed by atoms with E-state index in [2.05, 4.69) is 5.16 Å². The van der Waals surface area contributed by atoms with Crippen molar-refractivity contribution in [1.82, 2.24) is 4.57 Å². The number of oxime groups is 1. The molecular weight excluding hydrogens is 402 g/mol. The molecule has 1 heterocycles. The van der Waals surface area contributed by atoms with Crippen molar-refractivity contribution in [3.05, 3.63) is 64.8 Å². The number of sulfonamides is 1. The molecule has 2 aromatic carbocycles. The van der Waals surface area contributed by atoms with Crippen LogP contribution in [0.15, 0.2) is 47.8 Å². The second kappa shape index (κ2) is 8.49. The fourth-order valence-corrected chi connectivity index (χ4v) is 5.09. The average molecular weight is 430 g/mol. The third kappa shape index (κ3) is 4.49. The van der Waals surface area contributed by atoms with Crippen molar-refractivity contribution >= 4 is 32.8 Å². The maximum Gasteiger partial charge on any atom is 0.232 e. The van der Waals surface area contributed by atoms with Gasteiger partial charge >= 0.3 is 0 Å². The van der Waals surface area contributed by atoms with Crippen LogP contribution >= 0.6 is 0 Å². The van der Waals surface area contributed by atoms with Gasteiger partial charge in [-0.2, -0.15) is 0 Å². The molecule has 1 unspecified atom stereocenters. The lowest BCUT2D eigenvalue weighted by Gasteiger charge is -2.28. The molecule has 0 aliphatic carbocycles. The van der Waals surface area contributed by atoms with Crippen LogP contribution < -0.4 is 4.31 Å². The van der Waals surface area contributed by atoms with Crippen LogP contribution in [0.1, 0.15) is 22.3 Å².